The van der Waals surface area contributed by atoms with Gasteiger partial charge in [-0.05, 0) is 32.2 Å². The lowest BCUT2D eigenvalue weighted by Crippen LogP contribution is -2.47. The number of amides is 3. The van der Waals surface area contributed by atoms with Crippen molar-refractivity contribution in [1.82, 2.24) is 29.9 Å². The fourth-order valence-electron chi connectivity index (χ4n) is 2.97. The summed E-state index contributed by atoms with van der Waals surface area (Å²) in [5.41, 5.74) is 1.16. The van der Waals surface area contributed by atoms with Gasteiger partial charge in [0.05, 0.1) is 6.54 Å². The van der Waals surface area contributed by atoms with Crippen molar-refractivity contribution < 1.29 is 9.59 Å². The SMILES string of the molecule is C[C@@H](Cn1cncn1)NC(=O)Nc1cccc(C(=O)N2CCN(C)CC2)c1. The molecule has 0 saturated carbocycles. The first-order valence-electron chi connectivity index (χ1n) is 8.99. The molecule has 0 aliphatic carbocycles. The van der Waals surface area contributed by atoms with Crippen LogP contribution in [0.4, 0.5) is 10.5 Å². The van der Waals surface area contributed by atoms with E-state index in [1.165, 1.54) is 6.33 Å². The maximum atomic E-state index is 12.7. The number of carbonyl (C=O) groups is 2. The van der Waals surface area contributed by atoms with Crippen LogP contribution in [0.1, 0.15) is 17.3 Å². The summed E-state index contributed by atoms with van der Waals surface area (Å²) in [7, 11) is 2.05. The maximum absolute atomic E-state index is 12.7. The molecule has 0 spiro atoms. The number of hydrogen-bond acceptors (Lipinski definition) is 5. The molecule has 9 nitrogen and oxygen atoms in total. The van der Waals surface area contributed by atoms with Crippen LogP contribution in [-0.4, -0.2) is 75.8 Å². The van der Waals surface area contributed by atoms with Gasteiger partial charge in [-0.15, -0.1) is 0 Å². The van der Waals surface area contributed by atoms with E-state index in [9.17, 15) is 9.59 Å². The molecule has 144 valence electrons. The number of nitrogens with one attached hydrogen (secondary N) is 2. The standard InChI is InChI=1S/C18H25N7O2/c1-14(11-25-13-19-12-20-25)21-18(27)22-16-5-3-4-15(10-16)17(26)24-8-6-23(2)7-9-24/h3-5,10,12-14H,6-9,11H2,1-2H3,(H2,21,22,27)/t14-/m0/s1. The smallest absolute Gasteiger partial charge is 0.319 e. The molecule has 1 aromatic carbocycles. The minimum absolute atomic E-state index is 0.00768. The van der Waals surface area contributed by atoms with Gasteiger partial charge >= 0.3 is 6.03 Å². The Kier molecular flexibility index (Phi) is 6.02. The van der Waals surface area contributed by atoms with Crippen LogP contribution in [0.3, 0.4) is 0 Å². The fraction of sp³-hybridized carbons (Fsp3) is 0.444. The Morgan fingerprint density at radius 1 is 1.22 bits per heavy atom. The van der Waals surface area contributed by atoms with Gasteiger partial charge in [-0.3, -0.25) is 9.48 Å². The van der Waals surface area contributed by atoms with Gasteiger partial charge in [-0.2, -0.15) is 5.10 Å². The molecule has 0 radical (unpaired) electrons. The Morgan fingerprint density at radius 3 is 2.70 bits per heavy atom. The monoisotopic (exact) mass is 371 g/mol. The van der Waals surface area contributed by atoms with Crippen LogP contribution in [0.5, 0.6) is 0 Å². The summed E-state index contributed by atoms with van der Waals surface area (Å²) in [5.74, 6) is -0.00768. The second kappa shape index (κ2) is 8.63. The van der Waals surface area contributed by atoms with Gasteiger partial charge in [0.2, 0.25) is 0 Å². The number of likely N-dealkylation sites (N-methyl/N-ethyl adjacent to an activating group) is 1. The molecule has 1 aromatic heterocycles. The molecule has 0 unspecified atom stereocenters. The molecule has 1 saturated heterocycles. The third-order valence-electron chi connectivity index (χ3n) is 4.46. The number of hydrogen-bond donors (Lipinski definition) is 2. The zero-order valence-electron chi connectivity index (χ0n) is 15.6. The molecular formula is C18H25N7O2. The number of nitrogens with zero attached hydrogens (tertiary/aromatic N) is 5. The summed E-state index contributed by atoms with van der Waals surface area (Å²) in [5, 5.41) is 9.64. The van der Waals surface area contributed by atoms with E-state index >= 15 is 0 Å². The van der Waals surface area contributed by atoms with Crippen LogP contribution in [0, 0.1) is 0 Å². The largest absolute Gasteiger partial charge is 0.336 e. The van der Waals surface area contributed by atoms with Crippen molar-refractivity contribution in [3.63, 3.8) is 0 Å². The second-order valence-corrected chi connectivity index (χ2v) is 6.79. The summed E-state index contributed by atoms with van der Waals surface area (Å²) in [6.07, 6.45) is 3.05. The van der Waals surface area contributed by atoms with Crippen molar-refractivity contribution in [3.8, 4) is 0 Å². The summed E-state index contributed by atoms with van der Waals surface area (Å²) in [6.45, 7) is 5.58. The maximum Gasteiger partial charge on any atom is 0.319 e. The third-order valence-corrected chi connectivity index (χ3v) is 4.46. The number of piperazine rings is 1. The lowest BCUT2D eigenvalue weighted by atomic mass is 10.1. The highest BCUT2D eigenvalue weighted by Crippen LogP contribution is 2.14. The van der Waals surface area contributed by atoms with Crippen LogP contribution < -0.4 is 10.6 Å². The van der Waals surface area contributed by atoms with Crippen LogP contribution in [0.2, 0.25) is 0 Å². The summed E-state index contributed by atoms with van der Waals surface area (Å²) in [4.78, 5) is 32.8. The van der Waals surface area contributed by atoms with Gasteiger partial charge in [0.25, 0.3) is 5.91 Å². The summed E-state index contributed by atoms with van der Waals surface area (Å²) < 4.78 is 1.65. The molecule has 1 aliphatic heterocycles. The first-order valence-corrected chi connectivity index (χ1v) is 8.99. The molecule has 3 rings (SSSR count). The van der Waals surface area contributed by atoms with Crippen LogP contribution in [0.25, 0.3) is 0 Å². The van der Waals surface area contributed by atoms with Gasteiger partial charge in [0.15, 0.2) is 0 Å². The number of anilines is 1. The third kappa shape index (κ3) is 5.27. The number of carbonyl (C=O) groups excluding carboxylic acids is 2. The highest BCUT2D eigenvalue weighted by Gasteiger charge is 2.20. The fourth-order valence-corrected chi connectivity index (χ4v) is 2.97. The highest BCUT2D eigenvalue weighted by atomic mass is 16.2. The Morgan fingerprint density at radius 2 is 2.00 bits per heavy atom. The number of rotatable bonds is 5. The van der Waals surface area contributed by atoms with Gasteiger partial charge in [0, 0.05) is 43.5 Å². The normalized spacial score (nSPS) is 16.0. The summed E-state index contributed by atoms with van der Waals surface area (Å²) >= 11 is 0. The number of urea groups is 1. The van der Waals surface area contributed by atoms with E-state index in [2.05, 4.69) is 32.7 Å². The average Bonchev–Trinajstić information content (AvgIpc) is 3.14. The second-order valence-electron chi connectivity index (χ2n) is 6.79. The van der Waals surface area contributed by atoms with Crippen molar-refractivity contribution in [2.75, 3.05) is 38.5 Å². The quantitative estimate of drug-likeness (QED) is 0.813. The Labute approximate surface area is 158 Å². The Balaban J connectivity index is 1.55. The van der Waals surface area contributed by atoms with E-state index < -0.39 is 0 Å². The minimum Gasteiger partial charge on any atom is -0.336 e. The zero-order chi connectivity index (χ0) is 19.2. The number of benzene rings is 1. The molecule has 2 N–H and O–H groups in total. The van der Waals surface area contributed by atoms with Crippen molar-refractivity contribution in [2.24, 2.45) is 0 Å². The van der Waals surface area contributed by atoms with E-state index in [0.717, 1.165) is 13.1 Å². The number of aromatic nitrogens is 3. The van der Waals surface area contributed by atoms with Crippen molar-refractivity contribution >= 4 is 17.6 Å². The molecule has 1 aliphatic rings. The highest BCUT2D eigenvalue weighted by molar-refractivity contribution is 5.97. The first kappa shape index (κ1) is 18.8. The zero-order valence-corrected chi connectivity index (χ0v) is 15.6. The van der Waals surface area contributed by atoms with Crippen LogP contribution in [0.15, 0.2) is 36.9 Å². The first-order chi connectivity index (χ1) is 13.0. The van der Waals surface area contributed by atoms with E-state index in [-0.39, 0.29) is 18.0 Å². The Hall–Kier alpha value is -2.94. The molecule has 1 atom stereocenters. The average molecular weight is 371 g/mol. The molecule has 2 heterocycles. The van der Waals surface area contributed by atoms with Gasteiger partial charge in [-0.25, -0.2) is 9.78 Å². The minimum atomic E-state index is -0.327. The molecule has 0 bridgehead atoms. The van der Waals surface area contributed by atoms with E-state index in [4.69, 9.17) is 0 Å². The molecule has 27 heavy (non-hydrogen) atoms. The Bertz CT molecular complexity index is 770. The molecule has 3 amide bonds. The molecule has 9 heteroatoms. The predicted octanol–water partition coefficient (Wildman–Crippen LogP) is 0.876. The molecular weight excluding hydrogens is 346 g/mol. The van der Waals surface area contributed by atoms with E-state index in [0.29, 0.717) is 30.9 Å². The van der Waals surface area contributed by atoms with Gasteiger partial charge in [-0.1, -0.05) is 6.07 Å². The molecule has 2 aromatic rings. The summed E-state index contributed by atoms with van der Waals surface area (Å²) in [6, 6.07) is 6.58. The van der Waals surface area contributed by atoms with Crippen molar-refractivity contribution in [1.29, 1.82) is 0 Å². The predicted molar refractivity (Wildman–Crippen MR) is 101 cm³/mol. The van der Waals surface area contributed by atoms with E-state index in [1.54, 1.807) is 35.3 Å². The van der Waals surface area contributed by atoms with Crippen molar-refractivity contribution in [2.45, 2.75) is 19.5 Å². The van der Waals surface area contributed by atoms with Crippen molar-refractivity contribution in [3.05, 3.63) is 42.5 Å². The van der Waals surface area contributed by atoms with E-state index in [1.807, 2.05) is 11.8 Å². The van der Waals surface area contributed by atoms with Crippen LogP contribution in [-0.2, 0) is 6.54 Å². The lowest BCUT2D eigenvalue weighted by molar-refractivity contribution is 0.0664. The topological polar surface area (TPSA) is 95.4 Å². The van der Waals surface area contributed by atoms with Crippen LogP contribution >= 0.6 is 0 Å². The molecule has 1 fully saturated rings. The van der Waals surface area contributed by atoms with Gasteiger partial charge in [0.1, 0.15) is 12.7 Å². The van der Waals surface area contributed by atoms with Gasteiger partial charge < -0.3 is 20.4 Å². The lowest BCUT2D eigenvalue weighted by Gasteiger charge is -2.32.